The van der Waals surface area contributed by atoms with Crippen LogP contribution in [0.3, 0.4) is 0 Å². The summed E-state index contributed by atoms with van der Waals surface area (Å²) in [4.78, 5) is 11.7. The monoisotopic (exact) mass is 247 g/mol. The second-order valence-electron chi connectivity index (χ2n) is 3.48. The molecule has 6 heteroatoms. The molecule has 0 unspecified atom stereocenters. The first-order valence-electron chi connectivity index (χ1n) is 5.46. The van der Waals surface area contributed by atoms with Gasteiger partial charge in [0, 0.05) is 0 Å². The first-order chi connectivity index (χ1) is 8.76. The highest BCUT2D eigenvalue weighted by atomic mass is 16.5. The van der Waals surface area contributed by atoms with Gasteiger partial charge < -0.3 is 9.47 Å². The lowest BCUT2D eigenvalue weighted by atomic mass is 10.2. The fraction of sp³-hybridized carbons (Fsp3) is 0.250. The minimum absolute atomic E-state index is 0.340. The molecule has 0 radical (unpaired) electrons. The Morgan fingerprint density at radius 1 is 1.33 bits per heavy atom. The van der Waals surface area contributed by atoms with Gasteiger partial charge in [0.05, 0.1) is 25.0 Å². The van der Waals surface area contributed by atoms with Crippen molar-refractivity contribution in [2.45, 2.75) is 6.92 Å². The molecule has 6 nitrogen and oxygen atoms in total. The maximum absolute atomic E-state index is 11.7. The van der Waals surface area contributed by atoms with E-state index >= 15 is 0 Å². The van der Waals surface area contributed by atoms with E-state index in [0.29, 0.717) is 23.6 Å². The molecule has 1 heterocycles. The van der Waals surface area contributed by atoms with Gasteiger partial charge in [-0.3, -0.25) is 4.57 Å². The van der Waals surface area contributed by atoms with E-state index in [1.807, 2.05) is 0 Å². The highest BCUT2D eigenvalue weighted by Crippen LogP contribution is 2.23. The van der Waals surface area contributed by atoms with Crippen LogP contribution in [0.15, 0.2) is 30.9 Å². The third kappa shape index (κ3) is 2.32. The summed E-state index contributed by atoms with van der Waals surface area (Å²) in [5, 5.41) is 7.45. The second kappa shape index (κ2) is 5.31. The Balaban J connectivity index is 2.43. The largest absolute Gasteiger partial charge is 0.495 e. The smallest absolute Gasteiger partial charge is 0.338 e. The van der Waals surface area contributed by atoms with Crippen molar-refractivity contribution in [1.29, 1.82) is 0 Å². The maximum atomic E-state index is 11.7. The van der Waals surface area contributed by atoms with Gasteiger partial charge in [-0.1, -0.05) is 0 Å². The number of nitrogens with zero attached hydrogens (tertiary/aromatic N) is 3. The standard InChI is InChI=1S/C12H13N3O3/c1-3-18-12(16)9-4-5-11(17-2)10(6-9)15-7-13-14-8-15/h4-8H,3H2,1-2H3. The van der Waals surface area contributed by atoms with E-state index in [-0.39, 0.29) is 5.97 Å². The molecule has 0 fully saturated rings. The number of esters is 1. The van der Waals surface area contributed by atoms with Crippen LogP contribution >= 0.6 is 0 Å². The molecule has 0 atom stereocenters. The second-order valence-corrected chi connectivity index (χ2v) is 3.48. The fourth-order valence-corrected chi connectivity index (χ4v) is 1.56. The number of hydrogen-bond acceptors (Lipinski definition) is 5. The number of hydrogen-bond donors (Lipinski definition) is 0. The minimum Gasteiger partial charge on any atom is -0.495 e. The predicted molar refractivity (Wildman–Crippen MR) is 63.9 cm³/mol. The topological polar surface area (TPSA) is 66.2 Å². The van der Waals surface area contributed by atoms with Crippen LogP contribution in [0, 0.1) is 0 Å². The Morgan fingerprint density at radius 2 is 2.06 bits per heavy atom. The average molecular weight is 247 g/mol. The molecule has 2 rings (SSSR count). The van der Waals surface area contributed by atoms with E-state index in [2.05, 4.69) is 10.2 Å². The Bertz CT molecular complexity index is 538. The summed E-state index contributed by atoms with van der Waals surface area (Å²) in [6.45, 7) is 2.11. The number of carbonyl (C=O) groups is 1. The van der Waals surface area contributed by atoms with Gasteiger partial charge in [0.2, 0.25) is 0 Å². The highest BCUT2D eigenvalue weighted by Gasteiger charge is 2.12. The van der Waals surface area contributed by atoms with Crippen LogP contribution in [-0.4, -0.2) is 34.5 Å². The number of ether oxygens (including phenoxy) is 2. The van der Waals surface area contributed by atoms with Crippen LogP contribution in [0.4, 0.5) is 0 Å². The fourth-order valence-electron chi connectivity index (χ4n) is 1.56. The zero-order chi connectivity index (χ0) is 13.0. The quantitative estimate of drug-likeness (QED) is 0.765. The molecule has 0 aliphatic carbocycles. The molecule has 0 saturated carbocycles. The summed E-state index contributed by atoms with van der Waals surface area (Å²) in [7, 11) is 1.56. The molecule has 0 amide bonds. The van der Waals surface area contributed by atoms with Crippen molar-refractivity contribution < 1.29 is 14.3 Å². The van der Waals surface area contributed by atoms with Gasteiger partial charge in [-0.25, -0.2) is 4.79 Å². The van der Waals surface area contributed by atoms with E-state index in [4.69, 9.17) is 9.47 Å². The lowest BCUT2D eigenvalue weighted by Crippen LogP contribution is -2.06. The van der Waals surface area contributed by atoms with Gasteiger partial charge >= 0.3 is 5.97 Å². The van der Waals surface area contributed by atoms with Crippen LogP contribution in [0.1, 0.15) is 17.3 Å². The lowest BCUT2D eigenvalue weighted by Gasteiger charge is -2.10. The predicted octanol–water partition coefficient (Wildman–Crippen LogP) is 1.45. The van der Waals surface area contributed by atoms with Crippen molar-refractivity contribution in [3.05, 3.63) is 36.4 Å². The summed E-state index contributed by atoms with van der Waals surface area (Å²) < 4.78 is 11.9. The van der Waals surface area contributed by atoms with Crippen LogP contribution in [-0.2, 0) is 4.74 Å². The summed E-state index contributed by atoms with van der Waals surface area (Å²) >= 11 is 0. The van der Waals surface area contributed by atoms with Crippen molar-refractivity contribution in [3.63, 3.8) is 0 Å². The Morgan fingerprint density at radius 3 is 2.67 bits per heavy atom. The van der Waals surface area contributed by atoms with E-state index in [1.54, 1.807) is 36.8 Å². The molecule has 0 aliphatic heterocycles. The Hall–Kier alpha value is -2.37. The molecule has 0 saturated heterocycles. The Kier molecular flexibility index (Phi) is 3.57. The minimum atomic E-state index is -0.366. The van der Waals surface area contributed by atoms with Gasteiger partial charge in [0.15, 0.2) is 0 Å². The van der Waals surface area contributed by atoms with Gasteiger partial charge in [0.25, 0.3) is 0 Å². The summed E-state index contributed by atoms with van der Waals surface area (Å²) in [6, 6.07) is 5.05. The summed E-state index contributed by atoms with van der Waals surface area (Å²) in [5.74, 6) is 0.261. The first-order valence-corrected chi connectivity index (χ1v) is 5.46. The molecular formula is C12H13N3O3. The maximum Gasteiger partial charge on any atom is 0.338 e. The third-order valence-corrected chi connectivity index (χ3v) is 2.39. The third-order valence-electron chi connectivity index (χ3n) is 2.39. The van der Waals surface area contributed by atoms with E-state index < -0.39 is 0 Å². The summed E-state index contributed by atoms with van der Waals surface area (Å²) in [6.07, 6.45) is 3.07. The number of methoxy groups -OCH3 is 1. The lowest BCUT2D eigenvalue weighted by molar-refractivity contribution is 0.0526. The number of rotatable bonds is 4. The van der Waals surface area contributed by atoms with Gasteiger partial charge in [-0.05, 0) is 25.1 Å². The average Bonchev–Trinajstić information content (AvgIpc) is 2.92. The highest BCUT2D eigenvalue weighted by molar-refractivity contribution is 5.90. The van der Waals surface area contributed by atoms with Crippen LogP contribution in [0.2, 0.25) is 0 Å². The van der Waals surface area contributed by atoms with Gasteiger partial charge in [-0.2, -0.15) is 0 Å². The first kappa shape index (κ1) is 12.1. The van der Waals surface area contributed by atoms with E-state index in [0.717, 1.165) is 0 Å². The molecule has 1 aromatic heterocycles. The molecule has 0 N–H and O–H groups in total. The van der Waals surface area contributed by atoms with Crippen molar-refractivity contribution in [2.75, 3.05) is 13.7 Å². The summed E-state index contributed by atoms with van der Waals surface area (Å²) in [5.41, 5.74) is 1.15. The molecule has 0 aliphatic rings. The van der Waals surface area contributed by atoms with Crippen LogP contribution in [0.25, 0.3) is 5.69 Å². The molecule has 0 spiro atoms. The zero-order valence-corrected chi connectivity index (χ0v) is 10.2. The van der Waals surface area contributed by atoms with Crippen molar-refractivity contribution in [1.82, 2.24) is 14.8 Å². The normalized spacial score (nSPS) is 10.1. The molecular weight excluding hydrogens is 234 g/mol. The SMILES string of the molecule is CCOC(=O)c1ccc(OC)c(-n2cnnc2)c1. The van der Waals surface area contributed by atoms with Crippen molar-refractivity contribution in [3.8, 4) is 11.4 Å². The zero-order valence-electron chi connectivity index (χ0n) is 10.2. The molecule has 1 aromatic carbocycles. The van der Waals surface area contributed by atoms with E-state index in [1.165, 1.54) is 12.7 Å². The van der Waals surface area contributed by atoms with Crippen molar-refractivity contribution >= 4 is 5.97 Å². The van der Waals surface area contributed by atoms with Crippen molar-refractivity contribution in [2.24, 2.45) is 0 Å². The molecule has 0 bridgehead atoms. The Labute approximate surface area is 104 Å². The van der Waals surface area contributed by atoms with Crippen LogP contribution < -0.4 is 4.74 Å². The molecule has 94 valence electrons. The molecule has 18 heavy (non-hydrogen) atoms. The van der Waals surface area contributed by atoms with Gasteiger partial charge in [0.1, 0.15) is 18.4 Å². The van der Waals surface area contributed by atoms with Crippen LogP contribution in [0.5, 0.6) is 5.75 Å². The van der Waals surface area contributed by atoms with E-state index in [9.17, 15) is 4.79 Å². The molecule has 2 aromatic rings. The number of carbonyl (C=O) groups excluding carboxylic acids is 1. The number of aromatic nitrogens is 3. The van der Waals surface area contributed by atoms with Gasteiger partial charge in [-0.15, -0.1) is 10.2 Å². The number of benzene rings is 1.